The van der Waals surface area contributed by atoms with Gasteiger partial charge in [0, 0.05) is 38.6 Å². The lowest BCUT2D eigenvalue weighted by atomic mass is 10.0. The third kappa shape index (κ3) is 5.99. The van der Waals surface area contributed by atoms with Crippen LogP contribution < -0.4 is 15.5 Å². The Hall–Kier alpha value is -4.18. The van der Waals surface area contributed by atoms with Gasteiger partial charge in [-0.2, -0.15) is 0 Å². The second kappa shape index (κ2) is 11.6. The zero-order valence-electron chi connectivity index (χ0n) is 19.0. The number of hydrogen-bond donors (Lipinski definition) is 3. The number of ether oxygens (including phenoxy) is 1. The van der Waals surface area contributed by atoms with Gasteiger partial charge in [0.25, 0.3) is 17.7 Å². The smallest absolute Gasteiger partial charge is 0.275 e. The van der Waals surface area contributed by atoms with Crippen molar-refractivity contribution in [2.24, 2.45) is 0 Å². The van der Waals surface area contributed by atoms with Crippen molar-refractivity contribution in [1.82, 2.24) is 25.2 Å². The molecule has 0 radical (unpaired) electrons. The largest absolute Gasteiger partial charge is 0.494 e. The van der Waals surface area contributed by atoms with Gasteiger partial charge in [0.15, 0.2) is 6.04 Å². The van der Waals surface area contributed by atoms with Crippen molar-refractivity contribution in [2.75, 3.05) is 20.7 Å². The second-order valence-electron chi connectivity index (χ2n) is 7.51. The lowest BCUT2D eigenvalue weighted by molar-refractivity contribution is -0.140. The van der Waals surface area contributed by atoms with Gasteiger partial charge in [-0.15, -0.1) is 0 Å². The van der Waals surface area contributed by atoms with Crippen LogP contribution in [0.4, 0.5) is 0 Å². The fourth-order valence-electron chi connectivity index (χ4n) is 3.39. The molecule has 0 aliphatic carbocycles. The predicted octanol–water partition coefficient (Wildman–Crippen LogP) is 1.71. The molecule has 3 rings (SSSR count). The molecule has 0 saturated carbocycles. The van der Waals surface area contributed by atoms with Gasteiger partial charge < -0.3 is 19.5 Å². The molecule has 10 heteroatoms. The van der Waals surface area contributed by atoms with Crippen molar-refractivity contribution >= 4 is 17.7 Å². The fraction of sp³-hybridized carbons (Fsp3) is 0.250. The van der Waals surface area contributed by atoms with Crippen molar-refractivity contribution in [2.45, 2.75) is 19.0 Å². The molecular weight excluding hydrogens is 438 g/mol. The number of aryl methyl sites for hydroxylation is 1. The number of imidazole rings is 1. The molecule has 1 heterocycles. The van der Waals surface area contributed by atoms with Crippen LogP contribution in [-0.2, 0) is 16.1 Å². The molecule has 0 bridgehead atoms. The summed E-state index contributed by atoms with van der Waals surface area (Å²) in [6.07, 6.45) is 6.30. The number of carbonyl (C=O) groups excluding carboxylic acids is 3. The van der Waals surface area contributed by atoms with Crippen molar-refractivity contribution in [3.05, 3.63) is 72.8 Å². The van der Waals surface area contributed by atoms with Crippen molar-refractivity contribution < 1.29 is 24.3 Å². The molecule has 10 nitrogen and oxygen atoms in total. The van der Waals surface area contributed by atoms with Crippen LogP contribution in [-0.4, -0.2) is 64.1 Å². The lowest BCUT2D eigenvalue weighted by Gasteiger charge is -2.25. The Bertz CT molecular complexity index is 1080. The van der Waals surface area contributed by atoms with Crippen molar-refractivity contribution in [1.29, 1.82) is 0 Å². The maximum Gasteiger partial charge on any atom is 0.275 e. The molecule has 3 N–H and O–H groups in total. The number of nitrogens with zero attached hydrogens (tertiary/aromatic N) is 3. The summed E-state index contributed by atoms with van der Waals surface area (Å²) in [7, 11) is 2.66. The number of benzene rings is 2. The first kappa shape index (κ1) is 24.5. The maximum atomic E-state index is 12.8. The van der Waals surface area contributed by atoms with E-state index in [1.165, 1.54) is 19.6 Å². The van der Waals surface area contributed by atoms with Crippen LogP contribution in [0, 0.1) is 0 Å². The molecule has 1 unspecified atom stereocenters. The summed E-state index contributed by atoms with van der Waals surface area (Å²) in [5, 5.41) is 11.2. The predicted molar refractivity (Wildman–Crippen MR) is 124 cm³/mol. The Morgan fingerprint density at radius 2 is 1.71 bits per heavy atom. The van der Waals surface area contributed by atoms with Crippen LogP contribution in [0.2, 0.25) is 0 Å². The van der Waals surface area contributed by atoms with Crippen LogP contribution in [0.25, 0.3) is 11.1 Å². The molecule has 0 aliphatic rings. The summed E-state index contributed by atoms with van der Waals surface area (Å²) in [6, 6.07) is 12.9. The normalized spacial score (nSPS) is 11.4. The minimum Gasteiger partial charge on any atom is -0.494 e. The van der Waals surface area contributed by atoms with Gasteiger partial charge in [0.1, 0.15) is 5.75 Å². The van der Waals surface area contributed by atoms with E-state index in [1.54, 1.807) is 36.8 Å². The van der Waals surface area contributed by atoms with Crippen LogP contribution in [0.1, 0.15) is 16.8 Å². The van der Waals surface area contributed by atoms with Gasteiger partial charge >= 0.3 is 0 Å². The third-order valence-corrected chi connectivity index (χ3v) is 5.27. The average Bonchev–Trinajstić information content (AvgIpc) is 3.40. The number of aromatic nitrogens is 2. The highest BCUT2D eigenvalue weighted by Gasteiger charge is 2.33. The Balaban J connectivity index is 1.60. The highest BCUT2D eigenvalue weighted by atomic mass is 16.5. The van der Waals surface area contributed by atoms with Crippen LogP contribution >= 0.6 is 0 Å². The van der Waals surface area contributed by atoms with Gasteiger partial charge in [-0.25, -0.2) is 10.5 Å². The number of rotatable bonds is 10. The number of amides is 3. The summed E-state index contributed by atoms with van der Waals surface area (Å²) in [4.78, 5) is 41.6. The number of hydrogen-bond acceptors (Lipinski definition) is 6. The van der Waals surface area contributed by atoms with Gasteiger partial charge in [-0.3, -0.25) is 19.6 Å². The maximum absolute atomic E-state index is 12.8. The standard InChI is InChI=1S/C24H27N5O5/c1-25-22(30)21(23(31)27-33)28(2)24(32)19-6-4-17(5-7-19)18-8-10-20(11-9-18)34-15-3-13-29-14-12-26-16-29/h4-12,14,16,21,33H,3,13,15H2,1-2H3,(H,25,30)(H,27,31). The van der Waals surface area contributed by atoms with Gasteiger partial charge in [0.05, 0.1) is 12.9 Å². The van der Waals surface area contributed by atoms with E-state index in [4.69, 9.17) is 9.94 Å². The van der Waals surface area contributed by atoms with E-state index in [0.717, 1.165) is 34.7 Å². The Kier molecular flexibility index (Phi) is 8.36. The van der Waals surface area contributed by atoms with E-state index in [0.29, 0.717) is 12.2 Å². The zero-order valence-corrected chi connectivity index (χ0v) is 19.0. The Morgan fingerprint density at radius 1 is 1.06 bits per heavy atom. The first-order chi connectivity index (χ1) is 16.4. The van der Waals surface area contributed by atoms with E-state index in [2.05, 4.69) is 10.3 Å². The van der Waals surface area contributed by atoms with Crippen LogP contribution in [0.5, 0.6) is 5.75 Å². The summed E-state index contributed by atoms with van der Waals surface area (Å²) >= 11 is 0. The first-order valence-corrected chi connectivity index (χ1v) is 10.7. The summed E-state index contributed by atoms with van der Waals surface area (Å²) in [5.74, 6) is -1.49. The fourth-order valence-corrected chi connectivity index (χ4v) is 3.39. The van der Waals surface area contributed by atoms with Crippen molar-refractivity contribution in [3.8, 4) is 16.9 Å². The Labute approximate surface area is 197 Å². The molecular formula is C24H27N5O5. The first-order valence-electron chi connectivity index (χ1n) is 10.7. The molecule has 2 aromatic carbocycles. The molecule has 1 aromatic heterocycles. The molecule has 0 saturated heterocycles. The summed E-state index contributed by atoms with van der Waals surface area (Å²) in [5.41, 5.74) is 3.55. The van der Waals surface area contributed by atoms with E-state index >= 15 is 0 Å². The third-order valence-electron chi connectivity index (χ3n) is 5.27. The minimum absolute atomic E-state index is 0.295. The van der Waals surface area contributed by atoms with Crippen LogP contribution in [0.3, 0.4) is 0 Å². The molecule has 3 amide bonds. The lowest BCUT2D eigenvalue weighted by Crippen LogP contribution is -2.54. The molecule has 34 heavy (non-hydrogen) atoms. The number of carbonyl (C=O) groups is 3. The van der Waals surface area contributed by atoms with Crippen molar-refractivity contribution in [3.63, 3.8) is 0 Å². The quantitative estimate of drug-likeness (QED) is 0.181. The number of likely N-dealkylation sites (N-methyl/N-ethyl adjacent to an activating group) is 2. The monoisotopic (exact) mass is 465 g/mol. The highest BCUT2D eigenvalue weighted by Crippen LogP contribution is 2.23. The number of hydroxylamine groups is 1. The molecule has 0 fully saturated rings. The SMILES string of the molecule is CNC(=O)C(C(=O)NO)N(C)C(=O)c1ccc(-c2ccc(OCCCn3ccnc3)cc2)cc1. The second-order valence-corrected chi connectivity index (χ2v) is 7.51. The van der Waals surface area contributed by atoms with Gasteiger partial charge in [-0.1, -0.05) is 24.3 Å². The average molecular weight is 466 g/mol. The molecule has 1 atom stereocenters. The van der Waals surface area contributed by atoms with Gasteiger partial charge in [-0.05, 0) is 41.8 Å². The van der Waals surface area contributed by atoms with E-state index in [9.17, 15) is 14.4 Å². The number of nitrogens with one attached hydrogen (secondary N) is 2. The Morgan fingerprint density at radius 3 is 2.26 bits per heavy atom. The van der Waals surface area contributed by atoms with Crippen LogP contribution in [0.15, 0.2) is 67.3 Å². The molecule has 3 aromatic rings. The molecule has 0 aliphatic heterocycles. The summed E-state index contributed by atoms with van der Waals surface area (Å²) in [6.45, 7) is 1.43. The zero-order chi connectivity index (χ0) is 24.5. The van der Waals surface area contributed by atoms with E-state index in [1.807, 2.05) is 35.0 Å². The minimum atomic E-state index is -1.50. The van der Waals surface area contributed by atoms with Gasteiger partial charge in [0.2, 0.25) is 0 Å². The molecule has 178 valence electrons. The summed E-state index contributed by atoms with van der Waals surface area (Å²) < 4.78 is 7.78. The van der Waals surface area contributed by atoms with E-state index < -0.39 is 23.8 Å². The highest BCUT2D eigenvalue weighted by molar-refractivity contribution is 6.08. The van der Waals surface area contributed by atoms with E-state index in [-0.39, 0.29) is 0 Å². The topological polar surface area (TPSA) is 126 Å². The molecule has 0 spiro atoms.